The van der Waals surface area contributed by atoms with E-state index in [1.165, 1.54) is 11.1 Å². The van der Waals surface area contributed by atoms with Gasteiger partial charge in [0.1, 0.15) is 6.04 Å². The smallest absolute Gasteiger partial charge is 0.241 e. The van der Waals surface area contributed by atoms with Crippen LogP contribution in [0.15, 0.2) is 48.5 Å². The predicted molar refractivity (Wildman–Crippen MR) is 133 cm³/mol. The zero-order valence-electron chi connectivity index (χ0n) is 20.0. The van der Waals surface area contributed by atoms with Crippen LogP contribution in [-0.4, -0.2) is 73.7 Å². The van der Waals surface area contributed by atoms with Crippen LogP contribution in [0.2, 0.25) is 0 Å². The lowest BCUT2D eigenvalue weighted by atomic mass is 9.90. The second kappa shape index (κ2) is 11.1. The number of piperazine rings is 1. The molecule has 180 valence electrons. The molecule has 3 N–H and O–H groups in total. The highest BCUT2D eigenvalue weighted by atomic mass is 16.5. The van der Waals surface area contributed by atoms with Crippen molar-refractivity contribution < 1.29 is 9.53 Å². The summed E-state index contributed by atoms with van der Waals surface area (Å²) < 4.78 is 5.31. The van der Waals surface area contributed by atoms with Gasteiger partial charge in [0, 0.05) is 52.4 Å². The van der Waals surface area contributed by atoms with Crippen LogP contribution < -0.4 is 11.1 Å². The molecule has 0 bridgehead atoms. The molecule has 0 spiro atoms. The van der Waals surface area contributed by atoms with E-state index in [1.54, 1.807) is 0 Å². The molecule has 0 aliphatic carbocycles. The van der Waals surface area contributed by atoms with Crippen molar-refractivity contribution in [3.8, 4) is 17.2 Å². The number of benzene rings is 2. The molecule has 1 atom stereocenters. The highest BCUT2D eigenvalue weighted by Gasteiger charge is 2.36. The number of rotatable bonds is 7. The van der Waals surface area contributed by atoms with E-state index in [2.05, 4.69) is 64.6 Å². The molecule has 0 aromatic heterocycles. The second-order valence-electron chi connectivity index (χ2n) is 9.60. The molecule has 2 heterocycles. The van der Waals surface area contributed by atoms with Crippen molar-refractivity contribution in [2.75, 3.05) is 46.4 Å². The molecule has 0 unspecified atom stereocenters. The summed E-state index contributed by atoms with van der Waals surface area (Å²) in [4.78, 5) is 17.5. The van der Waals surface area contributed by atoms with E-state index in [0.29, 0.717) is 32.5 Å². The Morgan fingerprint density at radius 1 is 1.03 bits per heavy atom. The maximum atomic E-state index is 12.6. The van der Waals surface area contributed by atoms with Crippen molar-refractivity contribution in [3.05, 3.63) is 59.7 Å². The summed E-state index contributed by atoms with van der Waals surface area (Å²) in [5.74, 6) is -0.268. The molecule has 0 radical (unpaired) electrons. The summed E-state index contributed by atoms with van der Waals surface area (Å²) in [6.07, 6.45) is 1.39. The second-order valence-corrected chi connectivity index (χ2v) is 9.60. The number of nitrogens with two attached hydrogens (primary N) is 1. The van der Waals surface area contributed by atoms with E-state index < -0.39 is 11.6 Å². The van der Waals surface area contributed by atoms with Gasteiger partial charge in [-0.15, -0.1) is 0 Å². The highest BCUT2D eigenvalue weighted by molar-refractivity contribution is 5.86. The Kier molecular flexibility index (Phi) is 7.96. The van der Waals surface area contributed by atoms with Crippen LogP contribution in [0.3, 0.4) is 0 Å². The van der Waals surface area contributed by atoms with Gasteiger partial charge in [-0.25, -0.2) is 0 Å². The van der Waals surface area contributed by atoms with Crippen molar-refractivity contribution in [3.63, 3.8) is 0 Å². The van der Waals surface area contributed by atoms with Gasteiger partial charge in [-0.1, -0.05) is 48.5 Å². The maximum Gasteiger partial charge on any atom is 0.241 e. The minimum absolute atomic E-state index is 0.268. The fourth-order valence-electron chi connectivity index (χ4n) is 4.53. The van der Waals surface area contributed by atoms with Crippen molar-refractivity contribution in [2.45, 2.75) is 37.4 Å². The third-order valence-electron chi connectivity index (χ3n) is 6.98. The maximum absolute atomic E-state index is 12.6. The third kappa shape index (κ3) is 6.22. The number of carbonyl (C=O) groups excluding carboxylic acids is 1. The van der Waals surface area contributed by atoms with Crippen LogP contribution in [0.1, 0.15) is 24.0 Å². The lowest BCUT2D eigenvalue weighted by Gasteiger charge is -2.32. The summed E-state index contributed by atoms with van der Waals surface area (Å²) >= 11 is 0. The summed E-state index contributed by atoms with van der Waals surface area (Å²) in [5, 5.41) is 12.4. The number of nitrogens with zero attached hydrogens (tertiary/aromatic N) is 3. The molecule has 2 aliphatic rings. The van der Waals surface area contributed by atoms with Gasteiger partial charge in [0.05, 0.1) is 11.6 Å². The number of hydrogen-bond donors (Lipinski definition) is 2. The summed E-state index contributed by atoms with van der Waals surface area (Å²) in [6, 6.07) is 18.5. The van der Waals surface area contributed by atoms with E-state index in [0.717, 1.165) is 43.9 Å². The Hall–Kier alpha value is -2.76. The number of amides is 1. The minimum atomic E-state index is -0.951. The molecule has 2 fully saturated rings. The number of nitrogens with one attached hydrogen (secondary N) is 1. The zero-order valence-corrected chi connectivity index (χ0v) is 20.0. The molecule has 2 saturated heterocycles. The van der Waals surface area contributed by atoms with E-state index in [1.807, 2.05) is 12.1 Å². The molecule has 0 saturated carbocycles. The van der Waals surface area contributed by atoms with Gasteiger partial charge in [-0.05, 0) is 42.1 Å². The first kappa shape index (κ1) is 24.4. The summed E-state index contributed by atoms with van der Waals surface area (Å²) in [5.41, 5.74) is 9.93. The fraction of sp³-hybridized carbons (Fsp3) is 0.481. The van der Waals surface area contributed by atoms with Gasteiger partial charge < -0.3 is 20.7 Å². The zero-order chi connectivity index (χ0) is 24.0. The Labute approximate surface area is 202 Å². The Bertz CT molecular complexity index is 985. The first-order chi connectivity index (χ1) is 16.4. The predicted octanol–water partition coefficient (Wildman–Crippen LogP) is 2.16. The fourth-order valence-corrected chi connectivity index (χ4v) is 4.53. The standard InChI is InChI=1S/C27H35N5O2/c1-31-12-14-32(15-13-31)20-22-4-8-24(9-5-22)23-6-2-21(3-7-23)18-25(19-28)30-26(33)27(29)10-16-34-17-11-27/h2-9,25H,10-18,20,29H2,1H3,(H,30,33)/t25-/m1/s1. The van der Waals surface area contributed by atoms with Crippen LogP contribution in [0.25, 0.3) is 11.1 Å². The Morgan fingerprint density at radius 3 is 2.15 bits per heavy atom. The largest absolute Gasteiger partial charge is 0.381 e. The summed E-state index contributed by atoms with van der Waals surface area (Å²) in [7, 11) is 2.18. The van der Waals surface area contributed by atoms with Gasteiger partial charge >= 0.3 is 0 Å². The van der Waals surface area contributed by atoms with E-state index >= 15 is 0 Å². The topological polar surface area (TPSA) is 94.6 Å². The van der Waals surface area contributed by atoms with Crippen molar-refractivity contribution >= 4 is 5.91 Å². The van der Waals surface area contributed by atoms with Crippen molar-refractivity contribution in [2.24, 2.45) is 5.73 Å². The molecule has 4 rings (SSSR count). The number of ether oxygens (including phenoxy) is 1. The molecule has 34 heavy (non-hydrogen) atoms. The minimum Gasteiger partial charge on any atom is -0.381 e. The number of nitriles is 1. The van der Waals surface area contributed by atoms with Crippen molar-refractivity contribution in [1.29, 1.82) is 5.26 Å². The molecule has 2 aliphatic heterocycles. The lowest BCUT2D eigenvalue weighted by Crippen LogP contribution is -2.58. The first-order valence-corrected chi connectivity index (χ1v) is 12.1. The molecular weight excluding hydrogens is 426 g/mol. The van der Waals surface area contributed by atoms with Crippen LogP contribution in [-0.2, 0) is 22.5 Å². The Balaban J connectivity index is 1.32. The number of hydrogen-bond acceptors (Lipinski definition) is 6. The van der Waals surface area contributed by atoms with Gasteiger partial charge in [0.2, 0.25) is 5.91 Å². The quantitative estimate of drug-likeness (QED) is 0.656. The van der Waals surface area contributed by atoms with Crippen LogP contribution >= 0.6 is 0 Å². The first-order valence-electron chi connectivity index (χ1n) is 12.1. The highest BCUT2D eigenvalue weighted by Crippen LogP contribution is 2.22. The SMILES string of the molecule is CN1CCN(Cc2ccc(-c3ccc(C[C@H](C#N)NC(=O)C4(N)CCOCC4)cc3)cc2)CC1. The van der Waals surface area contributed by atoms with E-state index in [-0.39, 0.29) is 5.91 Å². The van der Waals surface area contributed by atoms with Gasteiger partial charge in [-0.3, -0.25) is 9.69 Å². The Morgan fingerprint density at radius 2 is 1.59 bits per heavy atom. The third-order valence-corrected chi connectivity index (χ3v) is 6.98. The van der Waals surface area contributed by atoms with Gasteiger partial charge in [0.25, 0.3) is 0 Å². The molecule has 2 aromatic rings. The molecule has 1 amide bonds. The lowest BCUT2D eigenvalue weighted by molar-refractivity contribution is -0.130. The average molecular weight is 462 g/mol. The normalized spacial score (nSPS) is 19.8. The van der Waals surface area contributed by atoms with Gasteiger partial charge in [-0.2, -0.15) is 5.26 Å². The van der Waals surface area contributed by atoms with Crippen molar-refractivity contribution in [1.82, 2.24) is 15.1 Å². The van der Waals surface area contributed by atoms with Crippen LogP contribution in [0, 0.1) is 11.3 Å². The molecule has 2 aromatic carbocycles. The molecule has 7 nitrogen and oxygen atoms in total. The number of carbonyl (C=O) groups is 1. The molecule has 7 heteroatoms. The molecular formula is C27H35N5O2. The monoisotopic (exact) mass is 461 g/mol. The number of likely N-dealkylation sites (N-methyl/N-ethyl adjacent to an activating group) is 1. The van der Waals surface area contributed by atoms with Crippen LogP contribution in [0.4, 0.5) is 0 Å². The van der Waals surface area contributed by atoms with E-state index in [9.17, 15) is 10.1 Å². The van der Waals surface area contributed by atoms with Crippen LogP contribution in [0.5, 0.6) is 0 Å². The van der Waals surface area contributed by atoms with Gasteiger partial charge in [0.15, 0.2) is 0 Å². The summed E-state index contributed by atoms with van der Waals surface area (Å²) in [6.45, 7) is 6.42. The van der Waals surface area contributed by atoms with E-state index in [4.69, 9.17) is 10.5 Å². The average Bonchev–Trinajstić information content (AvgIpc) is 2.86.